The zero-order chi connectivity index (χ0) is 9.84. The summed E-state index contributed by atoms with van der Waals surface area (Å²) >= 11 is 0. The average molecular weight is 184 g/mol. The van der Waals surface area contributed by atoms with E-state index in [0.717, 1.165) is 0 Å². The van der Waals surface area contributed by atoms with Gasteiger partial charge < -0.3 is 9.84 Å². The Kier molecular flexibility index (Phi) is 2.84. The zero-order valence-electron chi connectivity index (χ0n) is 7.08. The van der Waals surface area contributed by atoms with E-state index in [4.69, 9.17) is 9.84 Å². The lowest BCUT2D eigenvalue weighted by Gasteiger charge is -2.06. The molecule has 13 heavy (non-hydrogen) atoms. The minimum atomic E-state index is -1.08. The first kappa shape index (κ1) is 9.51. The Balaban J connectivity index is 3.07. The van der Waals surface area contributed by atoms with E-state index in [1.54, 1.807) is 0 Å². The van der Waals surface area contributed by atoms with Crippen LogP contribution >= 0.6 is 0 Å². The Morgan fingerprint density at radius 2 is 2.31 bits per heavy atom. The third-order valence-corrected chi connectivity index (χ3v) is 1.62. The minimum Gasteiger partial charge on any atom is -0.496 e. The van der Waals surface area contributed by atoms with Gasteiger partial charge in [0.05, 0.1) is 13.5 Å². The number of ether oxygens (including phenoxy) is 1. The van der Waals surface area contributed by atoms with Crippen LogP contribution in [0.15, 0.2) is 18.2 Å². The number of methoxy groups -OCH3 is 1. The van der Waals surface area contributed by atoms with Crippen molar-refractivity contribution in [2.45, 2.75) is 6.42 Å². The summed E-state index contributed by atoms with van der Waals surface area (Å²) in [5, 5.41) is 8.49. The standard InChI is InChI=1S/C9H9FO3/c1-13-8-4-2-3-7(10)6(8)5-9(11)12/h2-4H,5H2,1H3,(H,11,12). The maximum Gasteiger partial charge on any atom is 0.308 e. The molecular formula is C9H9FO3. The van der Waals surface area contributed by atoms with Crippen molar-refractivity contribution in [3.05, 3.63) is 29.6 Å². The van der Waals surface area contributed by atoms with Gasteiger partial charge in [0.1, 0.15) is 11.6 Å². The number of carboxylic acids is 1. The van der Waals surface area contributed by atoms with Gasteiger partial charge in [0.15, 0.2) is 0 Å². The van der Waals surface area contributed by atoms with Gasteiger partial charge in [-0.3, -0.25) is 4.79 Å². The predicted molar refractivity (Wildman–Crippen MR) is 44.3 cm³/mol. The van der Waals surface area contributed by atoms with Gasteiger partial charge in [0, 0.05) is 5.56 Å². The topological polar surface area (TPSA) is 46.5 Å². The number of aliphatic carboxylic acids is 1. The normalized spacial score (nSPS) is 9.69. The molecule has 0 bridgehead atoms. The van der Waals surface area contributed by atoms with Crippen LogP contribution in [-0.2, 0) is 11.2 Å². The van der Waals surface area contributed by atoms with Gasteiger partial charge in [-0.25, -0.2) is 4.39 Å². The molecule has 0 aromatic heterocycles. The molecule has 1 N–H and O–H groups in total. The molecule has 4 heteroatoms. The van der Waals surface area contributed by atoms with Crippen LogP contribution in [-0.4, -0.2) is 18.2 Å². The Bertz CT molecular complexity index is 323. The van der Waals surface area contributed by atoms with Crippen LogP contribution in [0.1, 0.15) is 5.56 Å². The van der Waals surface area contributed by atoms with E-state index < -0.39 is 11.8 Å². The maximum absolute atomic E-state index is 13.1. The maximum atomic E-state index is 13.1. The molecule has 0 amide bonds. The molecule has 0 atom stereocenters. The van der Waals surface area contributed by atoms with Gasteiger partial charge in [-0.15, -0.1) is 0 Å². The highest BCUT2D eigenvalue weighted by Crippen LogP contribution is 2.21. The summed E-state index contributed by atoms with van der Waals surface area (Å²) in [7, 11) is 1.38. The lowest BCUT2D eigenvalue weighted by molar-refractivity contribution is -0.136. The monoisotopic (exact) mass is 184 g/mol. The van der Waals surface area contributed by atoms with Crippen molar-refractivity contribution in [2.24, 2.45) is 0 Å². The van der Waals surface area contributed by atoms with Crippen molar-refractivity contribution in [3.8, 4) is 5.75 Å². The highest BCUT2D eigenvalue weighted by atomic mass is 19.1. The van der Waals surface area contributed by atoms with E-state index in [1.165, 1.54) is 25.3 Å². The van der Waals surface area contributed by atoms with Crippen LogP contribution < -0.4 is 4.74 Å². The van der Waals surface area contributed by atoms with Gasteiger partial charge in [0.25, 0.3) is 0 Å². The van der Waals surface area contributed by atoms with Crippen LogP contribution in [0.4, 0.5) is 4.39 Å². The summed E-state index contributed by atoms with van der Waals surface area (Å²) in [5.41, 5.74) is 0.0810. The predicted octanol–water partition coefficient (Wildman–Crippen LogP) is 1.46. The highest BCUT2D eigenvalue weighted by molar-refractivity contribution is 5.71. The van der Waals surface area contributed by atoms with E-state index in [9.17, 15) is 9.18 Å². The zero-order valence-corrected chi connectivity index (χ0v) is 7.08. The van der Waals surface area contributed by atoms with Gasteiger partial charge in [-0.1, -0.05) is 6.07 Å². The third kappa shape index (κ3) is 2.18. The van der Waals surface area contributed by atoms with Crippen LogP contribution in [0.2, 0.25) is 0 Å². The van der Waals surface area contributed by atoms with Crippen molar-refractivity contribution in [1.29, 1.82) is 0 Å². The van der Waals surface area contributed by atoms with E-state index in [2.05, 4.69) is 0 Å². The fourth-order valence-electron chi connectivity index (χ4n) is 1.05. The number of rotatable bonds is 3. The van der Waals surface area contributed by atoms with E-state index in [0.29, 0.717) is 0 Å². The summed E-state index contributed by atoms with van der Waals surface area (Å²) in [6, 6.07) is 4.21. The van der Waals surface area contributed by atoms with Crippen LogP contribution in [0.5, 0.6) is 5.75 Å². The molecule has 0 aliphatic carbocycles. The molecule has 0 aliphatic rings. The molecule has 0 spiro atoms. The summed E-state index contributed by atoms with van der Waals surface area (Å²) in [5.74, 6) is -1.37. The molecule has 0 unspecified atom stereocenters. The molecule has 0 heterocycles. The highest BCUT2D eigenvalue weighted by Gasteiger charge is 2.11. The van der Waals surface area contributed by atoms with Crippen LogP contribution in [0.25, 0.3) is 0 Å². The fourth-order valence-corrected chi connectivity index (χ4v) is 1.05. The first-order valence-corrected chi connectivity index (χ1v) is 3.68. The first-order valence-electron chi connectivity index (χ1n) is 3.68. The molecule has 1 aromatic rings. The molecule has 1 aromatic carbocycles. The second kappa shape index (κ2) is 3.89. The Labute approximate surface area is 74.8 Å². The van der Waals surface area contributed by atoms with E-state index in [-0.39, 0.29) is 17.7 Å². The molecule has 70 valence electrons. The summed E-state index contributed by atoms with van der Waals surface area (Å²) in [6.07, 6.45) is -0.365. The SMILES string of the molecule is COc1cccc(F)c1CC(=O)O. The number of benzene rings is 1. The van der Waals surface area contributed by atoms with Crippen LogP contribution in [0, 0.1) is 5.82 Å². The lowest BCUT2D eigenvalue weighted by Crippen LogP contribution is -2.04. The Hall–Kier alpha value is -1.58. The fraction of sp³-hybridized carbons (Fsp3) is 0.222. The molecule has 0 aliphatic heterocycles. The largest absolute Gasteiger partial charge is 0.496 e. The van der Waals surface area contributed by atoms with Crippen LogP contribution in [0.3, 0.4) is 0 Å². The van der Waals surface area contributed by atoms with E-state index in [1.807, 2.05) is 0 Å². The summed E-state index contributed by atoms with van der Waals surface area (Å²) in [6.45, 7) is 0. The lowest BCUT2D eigenvalue weighted by atomic mass is 10.1. The Morgan fingerprint density at radius 1 is 1.62 bits per heavy atom. The quantitative estimate of drug-likeness (QED) is 0.773. The Morgan fingerprint density at radius 3 is 2.85 bits per heavy atom. The molecule has 3 nitrogen and oxygen atoms in total. The summed E-state index contributed by atoms with van der Waals surface area (Å²) in [4.78, 5) is 10.4. The summed E-state index contributed by atoms with van der Waals surface area (Å²) < 4.78 is 17.9. The van der Waals surface area contributed by atoms with Gasteiger partial charge in [0.2, 0.25) is 0 Å². The van der Waals surface area contributed by atoms with Gasteiger partial charge in [-0.2, -0.15) is 0 Å². The molecule has 0 fully saturated rings. The van der Waals surface area contributed by atoms with Crippen molar-refractivity contribution < 1.29 is 19.0 Å². The average Bonchev–Trinajstić information content (AvgIpc) is 2.08. The molecular weight excluding hydrogens is 175 g/mol. The smallest absolute Gasteiger partial charge is 0.308 e. The van der Waals surface area contributed by atoms with Gasteiger partial charge in [-0.05, 0) is 12.1 Å². The van der Waals surface area contributed by atoms with E-state index >= 15 is 0 Å². The van der Waals surface area contributed by atoms with Gasteiger partial charge >= 0.3 is 5.97 Å². The molecule has 0 saturated heterocycles. The van der Waals surface area contributed by atoms with Crippen molar-refractivity contribution >= 4 is 5.97 Å². The number of halogens is 1. The second-order valence-electron chi connectivity index (χ2n) is 2.49. The molecule has 0 radical (unpaired) electrons. The molecule has 0 saturated carbocycles. The minimum absolute atomic E-state index is 0.0810. The van der Waals surface area contributed by atoms with Crippen molar-refractivity contribution in [3.63, 3.8) is 0 Å². The van der Waals surface area contributed by atoms with Crippen molar-refractivity contribution in [1.82, 2.24) is 0 Å². The number of hydrogen-bond acceptors (Lipinski definition) is 2. The third-order valence-electron chi connectivity index (χ3n) is 1.62. The second-order valence-corrected chi connectivity index (χ2v) is 2.49. The number of carboxylic acid groups (broad SMARTS) is 1. The first-order chi connectivity index (χ1) is 6.15. The molecule has 1 rings (SSSR count). The number of hydrogen-bond donors (Lipinski definition) is 1. The van der Waals surface area contributed by atoms with Crippen molar-refractivity contribution in [2.75, 3.05) is 7.11 Å². The number of carbonyl (C=O) groups is 1.